The number of allylic oxidation sites excluding steroid dienone is 2. The quantitative estimate of drug-likeness (QED) is 0.141. The Hall–Kier alpha value is -4.80. The van der Waals surface area contributed by atoms with Gasteiger partial charge in [-0.1, -0.05) is 23.3 Å². The molecule has 0 bridgehead atoms. The lowest BCUT2D eigenvalue weighted by atomic mass is 9.92. The zero-order chi connectivity index (χ0) is 31.2. The minimum atomic E-state index is -1.39. The van der Waals surface area contributed by atoms with E-state index in [9.17, 15) is 49.8 Å². The highest BCUT2D eigenvalue weighted by atomic mass is 16.3. The van der Waals surface area contributed by atoms with E-state index < -0.39 is 89.3 Å². The van der Waals surface area contributed by atoms with Crippen LogP contribution in [0.1, 0.15) is 63.9 Å². The van der Waals surface area contributed by atoms with Gasteiger partial charge in [-0.15, -0.1) is 0 Å². The van der Waals surface area contributed by atoms with Gasteiger partial charge in [0.1, 0.15) is 23.0 Å². The molecular weight excluding hydrogens is 544 g/mol. The van der Waals surface area contributed by atoms with E-state index in [0.717, 1.165) is 35.4 Å². The topological polar surface area (TPSA) is 190 Å². The zero-order valence-corrected chi connectivity index (χ0v) is 23.3. The van der Waals surface area contributed by atoms with Crippen molar-refractivity contribution in [3.8, 4) is 34.1 Å². The van der Waals surface area contributed by atoms with Crippen LogP contribution in [0.2, 0.25) is 0 Å². The van der Waals surface area contributed by atoms with E-state index in [4.69, 9.17) is 0 Å². The van der Waals surface area contributed by atoms with Gasteiger partial charge >= 0.3 is 0 Å². The van der Waals surface area contributed by atoms with E-state index in [2.05, 4.69) is 0 Å². The van der Waals surface area contributed by atoms with Crippen LogP contribution in [-0.4, -0.2) is 30.6 Å². The van der Waals surface area contributed by atoms with Crippen molar-refractivity contribution in [2.75, 3.05) is 0 Å². The molecule has 10 nitrogen and oxygen atoms in total. The molecule has 0 saturated heterocycles. The molecule has 0 heterocycles. The summed E-state index contributed by atoms with van der Waals surface area (Å²) in [5.41, 5.74) is -3.77. The number of hydrogen-bond acceptors (Lipinski definition) is 10. The van der Waals surface area contributed by atoms with Crippen LogP contribution >= 0.6 is 0 Å². The van der Waals surface area contributed by atoms with E-state index in [1.165, 1.54) is 0 Å². The summed E-state index contributed by atoms with van der Waals surface area (Å²) in [7, 11) is 0. The lowest BCUT2D eigenvalue weighted by molar-refractivity contribution is 0.177. The van der Waals surface area contributed by atoms with Crippen molar-refractivity contribution >= 4 is 10.8 Å². The number of aliphatic hydroxyl groups excluding tert-OH is 2. The Morgan fingerprint density at radius 3 is 1.67 bits per heavy atom. The van der Waals surface area contributed by atoms with Gasteiger partial charge in [0.25, 0.3) is 0 Å². The van der Waals surface area contributed by atoms with Gasteiger partial charge in [0.2, 0.25) is 0 Å². The van der Waals surface area contributed by atoms with Gasteiger partial charge in [-0.05, 0) is 64.8 Å². The maximum atomic E-state index is 13.5. The highest BCUT2D eigenvalue weighted by Crippen LogP contribution is 2.50. The Kier molecular flexibility index (Phi) is 8.07. The van der Waals surface area contributed by atoms with E-state index in [1.807, 2.05) is 13.8 Å². The summed E-state index contributed by atoms with van der Waals surface area (Å²) in [5.74, 6) is -2.79. The van der Waals surface area contributed by atoms with E-state index in [0.29, 0.717) is 0 Å². The van der Waals surface area contributed by atoms with E-state index in [1.54, 1.807) is 26.0 Å². The molecule has 0 spiro atoms. The number of aliphatic hydroxyl groups is 2. The third kappa shape index (κ3) is 5.17. The van der Waals surface area contributed by atoms with Crippen LogP contribution in [0.25, 0.3) is 21.9 Å². The smallest absolute Gasteiger partial charge is 0.198 e. The van der Waals surface area contributed by atoms with Crippen LogP contribution < -0.4 is 21.7 Å². The summed E-state index contributed by atoms with van der Waals surface area (Å²) in [4.78, 5) is 52.7. The Morgan fingerprint density at radius 1 is 0.619 bits per heavy atom. The first-order valence-electron chi connectivity index (χ1n) is 13.1. The molecule has 0 saturated carbocycles. The number of fused-ring (bicyclic) bond motifs is 1. The summed E-state index contributed by atoms with van der Waals surface area (Å²) in [5, 5.41) is 62.2. The van der Waals surface area contributed by atoms with Gasteiger partial charge in [-0.2, -0.15) is 0 Å². The van der Waals surface area contributed by atoms with Crippen LogP contribution in [-0.2, 0) is 0 Å². The van der Waals surface area contributed by atoms with Crippen molar-refractivity contribution < 1.29 is 30.6 Å². The molecule has 6 N–H and O–H groups in total. The van der Waals surface area contributed by atoms with Crippen LogP contribution in [0, 0.1) is 10.4 Å². The standard InChI is InChI=1S/C32H30O10/c1-13(2)5-7-19(33)17-11-23(37)25-27(31(17)41)21(35)9-15(29(25)39)16-10-22(36)28-26(30(16)40)24(38)12-18(32(28)42)20(34)8-6-14(3)4/h5-6,9-12,19-20,33-35,37,39,41H,7-8H2,1-4H3/t19-,20+/m1/s1. The molecule has 2 aliphatic rings. The fraction of sp³-hybridized carbons (Fsp3) is 0.250. The highest BCUT2D eigenvalue weighted by molar-refractivity contribution is 6.06. The molecule has 0 amide bonds. The largest absolute Gasteiger partial charge is 0.507 e. The van der Waals surface area contributed by atoms with Gasteiger partial charge in [0, 0.05) is 22.3 Å². The number of phenolic OH excluding ortho intramolecular Hbond substituents is 4. The average Bonchev–Trinajstić information content (AvgIpc) is 2.91. The number of hydrogen-bond donors (Lipinski definition) is 6. The molecule has 4 rings (SSSR count). The zero-order valence-electron chi connectivity index (χ0n) is 23.3. The second-order valence-electron chi connectivity index (χ2n) is 10.7. The Bertz CT molecular complexity index is 2070. The summed E-state index contributed by atoms with van der Waals surface area (Å²) >= 11 is 0. The van der Waals surface area contributed by atoms with Gasteiger partial charge in [-0.3, -0.25) is 19.2 Å². The molecule has 10 heteroatoms. The molecule has 0 unspecified atom stereocenters. The van der Waals surface area contributed by atoms with Crippen LogP contribution in [0.4, 0.5) is 0 Å². The highest BCUT2D eigenvalue weighted by Gasteiger charge is 2.26. The molecule has 0 aliphatic heterocycles. The molecule has 2 aliphatic carbocycles. The van der Waals surface area contributed by atoms with Crippen molar-refractivity contribution in [2.45, 2.75) is 52.7 Å². The summed E-state index contributed by atoms with van der Waals surface area (Å²) in [6.45, 7) is 7.17. The van der Waals surface area contributed by atoms with Crippen LogP contribution in [0.5, 0.6) is 23.0 Å². The van der Waals surface area contributed by atoms with Gasteiger partial charge in [0.05, 0.1) is 33.4 Å². The average molecular weight is 575 g/mol. The van der Waals surface area contributed by atoms with Crippen molar-refractivity contribution in [3.63, 3.8) is 0 Å². The molecule has 2 atom stereocenters. The SMILES string of the molecule is CC(C)=CC[C@@H](O)c1cc(O)c2c(O)c(-c3cc(=O)c4c(=O)c([C@@H](O)CC=C(C)C)cc(=O)c=4c3=O)cc(O)c2c1O. The maximum absolute atomic E-state index is 13.5. The lowest BCUT2D eigenvalue weighted by Crippen LogP contribution is -2.31. The predicted molar refractivity (Wildman–Crippen MR) is 157 cm³/mol. The van der Waals surface area contributed by atoms with Crippen molar-refractivity contribution in [1.82, 2.24) is 0 Å². The summed E-state index contributed by atoms with van der Waals surface area (Å²) in [6, 6.07) is 3.41. The van der Waals surface area contributed by atoms with Crippen molar-refractivity contribution in [2.24, 2.45) is 0 Å². The van der Waals surface area contributed by atoms with E-state index in [-0.39, 0.29) is 24.0 Å². The molecular formula is C32H30O10. The number of phenols is 4. The van der Waals surface area contributed by atoms with Gasteiger partial charge < -0.3 is 30.6 Å². The third-order valence-corrected chi connectivity index (χ3v) is 7.11. The molecule has 2 aromatic rings. The molecule has 0 fully saturated rings. The number of aromatic hydroxyl groups is 4. The molecule has 42 heavy (non-hydrogen) atoms. The third-order valence-electron chi connectivity index (χ3n) is 7.11. The number of benzene rings is 2. The fourth-order valence-corrected chi connectivity index (χ4v) is 4.96. The second-order valence-corrected chi connectivity index (χ2v) is 10.7. The lowest BCUT2D eigenvalue weighted by Gasteiger charge is -2.17. The minimum Gasteiger partial charge on any atom is -0.507 e. The molecule has 0 aromatic heterocycles. The van der Waals surface area contributed by atoms with Crippen molar-refractivity contribution in [1.29, 1.82) is 0 Å². The normalized spacial score (nSPS) is 12.8. The Labute approximate surface area is 238 Å². The molecule has 218 valence electrons. The van der Waals surface area contributed by atoms with Crippen LogP contribution in [0.3, 0.4) is 0 Å². The maximum Gasteiger partial charge on any atom is 0.198 e. The first-order valence-corrected chi connectivity index (χ1v) is 13.1. The van der Waals surface area contributed by atoms with Gasteiger partial charge in [0.15, 0.2) is 21.7 Å². The van der Waals surface area contributed by atoms with Crippen molar-refractivity contribution in [3.05, 3.63) is 110 Å². The Balaban J connectivity index is 2.00. The summed E-state index contributed by atoms with van der Waals surface area (Å²) < 4.78 is 0. The first-order chi connectivity index (χ1) is 19.6. The van der Waals surface area contributed by atoms with E-state index >= 15 is 0 Å². The second kappa shape index (κ2) is 11.2. The first kappa shape index (κ1) is 30.2. The summed E-state index contributed by atoms with van der Waals surface area (Å²) in [6.07, 6.45) is 0.784. The fourth-order valence-electron chi connectivity index (χ4n) is 4.96. The van der Waals surface area contributed by atoms with Crippen LogP contribution in [0.15, 0.2) is 66.7 Å². The minimum absolute atomic E-state index is 0.00723. The predicted octanol–water partition coefficient (Wildman–Crippen LogP) is 3.15. The monoisotopic (exact) mass is 574 g/mol. The Morgan fingerprint density at radius 2 is 1.10 bits per heavy atom. The molecule has 2 aromatic carbocycles. The molecule has 0 radical (unpaired) electrons. The van der Waals surface area contributed by atoms with Gasteiger partial charge in [-0.25, -0.2) is 0 Å². The number of rotatable bonds is 7.